The second-order valence-corrected chi connectivity index (χ2v) is 5.51. The molecule has 0 saturated carbocycles. The van der Waals surface area contributed by atoms with Crippen molar-refractivity contribution in [2.24, 2.45) is 5.41 Å². The summed E-state index contributed by atoms with van der Waals surface area (Å²) < 4.78 is 0. The Bertz CT molecular complexity index is 259. The van der Waals surface area contributed by atoms with Gasteiger partial charge in [0, 0.05) is 18.0 Å². The van der Waals surface area contributed by atoms with Gasteiger partial charge < -0.3 is 10.2 Å². The third-order valence-electron chi connectivity index (χ3n) is 4.33. The van der Waals surface area contributed by atoms with Gasteiger partial charge >= 0.3 is 0 Å². The Morgan fingerprint density at radius 2 is 2.12 bits per heavy atom. The molecule has 0 radical (unpaired) electrons. The fourth-order valence-corrected chi connectivity index (χ4v) is 3.07. The molecule has 2 rings (SSSR count). The van der Waals surface area contributed by atoms with E-state index >= 15 is 0 Å². The Morgan fingerprint density at radius 1 is 1.44 bits per heavy atom. The summed E-state index contributed by atoms with van der Waals surface area (Å²) in [5.41, 5.74) is -0.0942. The zero-order chi connectivity index (χ0) is 11.6. The van der Waals surface area contributed by atoms with Gasteiger partial charge in [-0.2, -0.15) is 0 Å². The van der Waals surface area contributed by atoms with Crippen LogP contribution in [0.2, 0.25) is 0 Å². The Hall–Kier alpha value is -0.570. The number of likely N-dealkylation sites (tertiary alicyclic amines) is 1. The SMILES string of the molecule is CCC1CCCN1C(=O)C1(C)CCNCC1. The van der Waals surface area contributed by atoms with Crippen LogP contribution in [-0.2, 0) is 4.79 Å². The summed E-state index contributed by atoms with van der Waals surface area (Å²) in [6.07, 6.45) is 5.51. The predicted octanol–water partition coefficient (Wildman–Crippen LogP) is 1.78. The molecule has 16 heavy (non-hydrogen) atoms. The molecule has 1 unspecified atom stereocenters. The average molecular weight is 224 g/mol. The molecule has 0 bridgehead atoms. The van der Waals surface area contributed by atoms with Crippen molar-refractivity contribution in [3.05, 3.63) is 0 Å². The molecule has 0 aromatic rings. The van der Waals surface area contributed by atoms with Gasteiger partial charge in [0.1, 0.15) is 0 Å². The van der Waals surface area contributed by atoms with Gasteiger partial charge in [-0.1, -0.05) is 13.8 Å². The van der Waals surface area contributed by atoms with E-state index in [-0.39, 0.29) is 5.41 Å². The first-order valence-electron chi connectivity index (χ1n) is 6.69. The largest absolute Gasteiger partial charge is 0.339 e. The first-order valence-corrected chi connectivity index (χ1v) is 6.69. The maximum absolute atomic E-state index is 12.6. The van der Waals surface area contributed by atoms with E-state index in [1.54, 1.807) is 0 Å². The summed E-state index contributed by atoms with van der Waals surface area (Å²) in [5, 5.41) is 3.34. The molecule has 0 spiro atoms. The molecule has 1 N–H and O–H groups in total. The van der Waals surface area contributed by atoms with Crippen molar-refractivity contribution >= 4 is 5.91 Å². The third-order valence-corrected chi connectivity index (χ3v) is 4.33. The van der Waals surface area contributed by atoms with Crippen molar-refractivity contribution < 1.29 is 4.79 Å². The van der Waals surface area contributed by atoms with Crippen molar-refractivity contribution in [1.82, 2.24) is 10.2 Å². The highest BCUT2D eigenvalue weighted by Crippen LogP contribution is 2.33. The predicted molar refractivity (Wildman–Crippen MR) is 65.2 cm³/mol. The number of hydrogen-bond donors (Lipinski definition) is 1. The van der Waals surface area contributed by atoms with Gasteiger partial charge in [-0.25, -0.2) is 0 Å². The Labute approximate surface area is 98.6 Å². The molecular weight excluding hydrogens is 200 g/mol. The van der Waals surface area contributed by atoms with E-state index in [0.717, 1.165) is 38.9 Å². The van der Waals surface area contributed by atoms with Crippen LogP contribution in [-0.4, -0.2) is 36.5 Å². The molecule has 2 fully saturated rings. The number of nitrogens with zero attached hydrogens (tertiary/aromatic N) is 1. The van der Waals surface area contributed by atoms with Crippen LogP contribution in [0, 0.1) is 5.41 Å². The van der Waals surface area contributed by atoms with Gasteiger partial charge in [-0.3, -0.25) is 4.79 Å². The molecule has 0 aromatic carbocycles. The van der Waals surface area contributed by atoms with Crippen molar-refractivity contribution in [2.45, 2.75) is 52.0 Å². The second-order valence-electron chi connectivity index (χ2n) is 5.51. The van der Waals surface area contributed by atoms with E-state index in [2.05, 4.69) is 24.1 Å². The number of carbonyl (C=O) groups is 1. The summed E-state index contributed by atoms with van der Waals surface area (Å²) in [4.78, 5) is 14.7. The fourth-order valence-electron chi connectivity index (χ4n) is 3.07. The molecule has 2 aliphatic heterocycles. The van der Waals surface area contributed by atoms with Crippen molar-refractivity contribution in [3.8, 4) is 0 Å². The van der Waals surface area contributed by atoms with Crippen LogP contribution in [0.5, 0.6) is 0 Å². The minimum Gasteiger partial charge on any atom is -0.339 e. The van der Waals surface area contributed by atoms with E-state index in [1.165, 1.54) is 12.8 Å². The summed E-state index contributed by atoms with van der Waals surface area (Å²) >= 11 is 0. The molecule has 3 nitrogen and oxygen atoms in total. The van der Waals surface area contributed by atoms with Crippen LogP contribution in [0.15, 0.2) is 0 Å². The summed E-state index contributed by atoms with van der Waals surface area (Å²) in [6, 6.07) is 0.513. The maximum Gasteiger partial charge on any atom is 0.228 e. The number of rotatable bonds is 2. The summed E-state index contributed by atoms with van der Waals surface area (Å²) in [5.74, 6) is 0.415. The number of carbonyl (C=O) groups excluding carboxylic acids is 1. The zero-order valence-corrected chi connectivity index (χ0v) is 10.6. The van der Waals surface area contributed by atoms with Gasteiger partial charge in [0.2, 0.25) is 5.91 Å². The lowest BCUT2D eigenvalue weighted by atomic mass is 9.79. The van der Waals surface area contributed by atoms with Crippen molar-refractivity contribution in [3.63, 3.8) is 0 Å². The second kappa shape index (κ2) is 4.74. The van der Waals surface area contributed by atoms with Crippen LogP contribution in [0.3, 0.4) is 0 Å². The van der Waals surface area contributed by atoms with Crippen molar-refractivity contribution in [2.75, 3.05) is 19.6 Å². The average Bonchev–Trinajstić information content (AvgIpc) is 2.77. The lowest BCUT2D eigenvalue weighted by Gasteiger charge is -2.38. The molecule has 1 amide bonds. The van der Waals surface area contributed by atoms with Crippen LogP contribution in [0.25, 0.3) is 0 Å². The topological polar surface area (TPSA) is 32.3 Å². The first-order chi connectivity index (χ1) is 7.67. The number of nitrogens with one attached hydrogen (secondary N) is 1. The molecule has 92 valence electrons. The van der Waals surface area contributed by atoms with E-state index in [1.807, 2.05) is 0 Å². The molecule has 2 aliphatic rings. The Balaban J connectivity index is 2.05. The highest BCUT2D eigenvalue weighted by atomic mass is 16.2. The van der Waals surface area contributed by atoms with Crippen LogP contribution >= 0.6 is 0 Å². The quantitative estimate of drug-likeness (QED) is 0.775. The normalized spacial score (nSPS) is 29.4. The van der Waals surface area contributed by atoms with Crippen LogP contribution < -0.4 is 5.32 Å². The zero-order valence-electron chi connectivity index (χ0n) is 10.6. The van der Waals surface area contributed by atoms with Gasteiger partial charge in [-0.05, 0) is 45.2 Å². The van der Waals surface area contributed by atoms with Crippen LogP contribution in [0.1, 0.15) is 46.0 Å². The number of hydrogen-bond acceptors (Lipinski definition) is 2. The minimum atomic E-state index is -0.0942. The maximum atomic E-state index is 12.6. The van der Waals surface area contributed by atoms with Gasteiger partial charge in [0.05, 0.1) is 0 Å². The number of piperidine rings is 1. The van der Waals surface area contributed by atoms with Gasteiger partial charge in [0.15, 0.2) is 0 Å². The molecule has 1 atom stereocenters. The lowest BCUT2D eigenvalue weighted by Crippen LogP contribution is -2.49. The highest BCUT2D eigenvalue weighted by molar-refractivity contribution is 5.83. The van der Waals surface area contributed by atoms with E-state index in [4.69, 9.17) is 0 Å². The molecule has 0 aliphatic carbocycles. The number of amides is 1. The minimum absolute atomic E-state index is 0.0942. The smallest absolute Gasteiger partial charge is 0.228 e. The van der Waals surface area contributed by atoms with E-state index < -0.39 is 0 Å². The Morgan fingerprint density at radius 3 is 2.75 bits per heavy atom. The highest BCUT2D eigenvalue weighted by Gasteiger charge is 2.40. The Kier molecular flexibility index (Phi) is 3.53. The first kappa shape index (κ1) is 11.9. The van der Waals surface area contributed by atoms with Gasteiger partial charge in [0.25, 0.3) is 0 Å². The third kappa shape index (κ3) is 2.10. The van der Waals surface area contributed by atoms with E-state index in [9.17, 15) is 4.79 Å². The molecule has 0 aromatic heterocycles. The molecule has 3 heteroatoms. The van der Waals surface area contributed by atoms with E-state index in [0.29, 0.717) is 11.9 Å². The fraction of sp³-hybridized carbons (Fsp3) is 0.923. The van der Waals surface area contributed by atoms with Gasteiger partial charge in [-0.15, -0.1) is 0 Å². The monoisotopic (exact) mass is 224 g/mol. The van der Waals surface area contributed by atoms with Crippen LogP contribution in [0.4, 0.5) is 0 Å². The lowest BCUT2D eigenvalue weighted by molar-refractivity contribution is -0.143. The standard InChI is InChI=1S/C13H24N2O/c1-3-11-5-4-10-15(11)12(16)13(2)6-8-14-9-7-13/h11,14H,3-10H2,1-2H3. The molecule has 2 heterocycles. The molecular formula is C13H24N2O. The summed E-state index contributed by atoms with van der Waals surface area (Å²) in [7, 11) is 0. The molecule has 2 saturated heterocycles. The van der Waals surface area contributed by atoms with Crippen molar-refractivity contribution in [1.29, 1.82) is 0 Å². The summed E-state index contributed by atoms with van der Waals surface area (Å²) in [6.45, 7) is 7.32.